The van der Waals surface area contributed by atoms with E-state index in [1.807, 2.05) is 6.26 Å². The summed E-state index contributed by atoms with van der Waals surface area (Å²) in [6.45, 7) is 7.21. The normalized spacial score (nSPS) is 29.3. The molecule has 8 nitrogen and oxygen atoms in total. The van der Waals surface area contributed by atoms with Crippen molar-refractivity contribution < 1.29 is 34.4 Å². The molecule has 1 amide bonds. The average Bonchev–Trinajstić information content (AvgIpc) is 3.49. The minimum absolute atomic E-state index is 0.0387. The van der Waals surface area contributed by atoms with Crippen LogP contribution in [0.15, 0.2) is 18.2 Å². The Bertz CT molecular complexity index is 1080. The first-order valence-electron chi connectivity index (χ1n) is 13.6. The standard InChI is InChI=1S/C29H41NO7S/c1-28(2)19-9-10-29(28,3)25(15-19)37-27(36)20-6-5-11-30(20)26(35)18(16-38-4)14-24(34)23(33)13-17-7-8-21(31)22(32)12-17/h7-8,12,18-20,23,25,31-33H,5-6,9-11,13-16H2,1-4H3. The predicted molar refractivity (Wildman–Crippen MR) is 145 cm³/mol. The molecule has 6 atom stereocenters. The number of fused-ring (bicyclic) bond motifs is 2. The van der Waals surface area contributed by atoms with Crippen LogP contribution in [0.2, 0.25) is 0 Å². The quantitative estimate of drug-likeness (QED) is 0.299. The van der Waals surface area contributed by atoms with Gasteiger partial charge in [0.25, 0.3) is 0 Å². The lowest BCUT2D eigenvalue weighted by molar-refractivity contribution is -0.165. The Morgan fingerprint density at radius 2 is 1.89 bits per heavy atom. The Labute approximate surface area is 229 Å². The van der Waals surface area contributed by atoms with Gasteiger partial charge in [0, 0.05) is 30.6 Å². The van der Waals surface area contributed by atoms with E-state index in [4.69, 9.17) is 4.74 Å². The van der Waals surface area contributed by atoms with Gasteiger partial charge in [0.2, 0.25) is 5.91 Å². The summed E-state index contributed by atoms with van der Waals surface area (Å²) in [6, 6.07) is 3.48. The Morgan fingerprint density at radius 3 is 2.50 bits per heavy atom. The van der Waals surface area contributed by atoms with Crippen molar-refractivity contribution in [2.24, 2.45) is 22.7 Å². The van der Waals surface area contributed by atoms with Gasteiger partial charge in [-0.15, -0.1) is 0 Å². The first kappa shape index (κ1) is 28.7. The number of esters is 1. The zero-order valence-electron chi connectivity index (χ0n) is 22.8. The summed E-state index contributed by atoms with van der Waals surface area (Å²) in [4.78, 5) is 41.4. The van der Waals surface area contributed by atoms with Crippen LogP contribution in [0, 0.1) is 22.7 Å². The number of rotatable bonds is 10. The topological polar surface area (TPSA) is 124 Å². The van der Waals surface area contributed by atoms with Gasteiger partial charge < -0.3 is 25.0 Å². The van der Waals surface area contributed by atoms with Crippen molar-refractivity contribution >= 4 is 29.4 Å². The van der Waals surface area contributed by atoms with E-state index in [2.05, 4.69) is 20.8 Å². The van der Waals surface area contributed by atoms with Crippen molar-refractivity contribution in [2.75, 3.05) is 18.6 Å². The molecule has 0 aromatic heterocycles. The molecule has 3 fully saturated rings. The number of carbonyl (C=O) groups is 3. The van der Waals surface area contributed by atoms with Crippen LogP contribution < -0.4 is 0 Å². The maximum Gasteiger partial charge on any atom is 0.329 e. The summed E-state index contributed by atoms with van der Waals surface area (Å²) < 4.78 is 6.11. The Kier molecular flexibility index (Phi) is 8.38. The van der Waals surface area contributed by atoms with Gasteiger partial charge in [-0.3, -0.25) is 9.59 Å². The lowest BCUT2D eigenvalue weighted by Crippen LogP contribution is -2.47. The van der Waals surface area contributed by atoms with E-state index in [0.717, 1.165) is 19.3 Å². The summed E-state index contributed by atoms with van der Waals surface area (Å²) >= 11 is 1.44. The van der Waals surface area contributed by atoms with E-state index in [1.165, 1.54) is 30.0 Å². The van der Waals surface area contributed by atoms with Gasteiger partial charge in [0.15, 0.2) is 17.3 Å². The highest BCUT2D eigenvalue weighted by Gasteiger charge is 2.63. The van der Waals surface area contributed by atoms with Crippen LogP contribution in [-0.2, 0) is 25.5 Å². The van der Waals surface area contributed by atoms with Gasteiger partial charge in [-0.2, -0.15) is 11.8 Å². The van der Waals surface area contributed by atoms with Crippen LogP contribution in [0.3, 0.4) is 0 Å². The number of phenols is 2. The molecule has 0 radical (unpaired) electrons. The largest absolute Gasteiger partial charge is 0.504 e. The van der Waals surface area contributed by atoms with E-state index in [9.17, 15) is 29.7 Å². The van der Waals surface area contributed by atoms with Gasteiger partial charge in [0.05, 0.1) is 5.92 Å². The summed E-state index contributed by atoms with van der Waals surface area (Å²) in [5, 5.41) is 29.7. The molecule has 6 unspecified atom stereocenters. The fourth-order valence-corrected chi connectivity index (χ4v) is 7.53. The number of nitrogens with zero attached hydrogens (tertiary/aromatic N) is 1. The van der Waals surface area contributed by atoms with E-state index in [1.54, 1.807) is 4.90 Å². The molecule has 210 valence electrons. The van der Waals surface area contributed by atoms with Gasteiger partial charge in [-0.25, -0.2) is 4.79 Å². The van der Waals surface area contributed by atoms with Crippen molar-refractivity contribution in [2.45, 2.75) is 84.0 Å². The number of hydrogen-bond donors (Lipinski definition) is 3. The number of carbonyl (C=O) groups excluding carboxylic acids is 3. The first-order chi connectivity index (χ1) is 17.9. The van der Waals surface area contributed by atoms with E-state index >= 15 is 0 Å². The molecule has 2 saturated carbocycles. The van der Waals surface area contributed by atoms with Crippen molar-refractivity contribution in [3.05, 3.63) is 23.8 Å². The Hall–Kier alpha value is -2.26. The van der Waals surface area contributed by atoms with Gasteiger partial charge in [-0.05, 0) is 67.4 Å². The molecule has 2 aliphatic carbocycles. The number of hydrogen-bond acceptors (Lipinski definition) is 8. The maximum atomic E-state index is 13.6. The molecule has 0 spiro atoms. The van der Waals surface area contributed by atoms with Crippen molar-refractivity contribution in [1.82, 2.24) is 4.90 Å². The first-order valence-corrected chi connectivity index (χ1v) is 15.0. The predicted octanol–water partition coefficient (Wildman–Crippen LogP) is 3.69. The number of phenolic OH excluding ortho intramolecular Hbond substituents is 2. The number of ether oxygens (including phenoxy) is 1. The number of ketones is 1. The smallest absolute Gasteiger partial charge is 0.329 e. The number of Topliss-reactive ketones (excluding diaryl/α,β-unsaturated/α-hetero) is 1. The minimum Gasteiger partial charge on any atom is -0.504 e. The van der Waals surface area contributed by atoms with Crippen molar-refractivity contribution in [3.63, 3.8) is 0 Å². The molecule has 1 saturated heterocycles. The number of benzene rings is 1. The van der Waals surface area contributed by atoms with Crippen LogP contribution in [0.5, 0.6) is 11.5 Å². The number of likely N-dealkylation sites (tertiary alicyclic amines) is 1. The summed E-state index contributed by atoms with van der Waals surface area (Å²) in [5.41, 5.74) is 0.555. The second-order valence-corrected chi connectivity index (χ2v) is 13.0. The third-order valence-electron chi connectivity index (χ3n) is 9.79. The van der Waals surface area contributed by atoms with Gasteiger partial charge >= 0.3 is 5.97 Å². The highest BCUT2D eigenvalue weighted by molar-refractivity contribution is 7.98. The monoisotopic (exact) mass is 547 g/mol. The van der Waals surface area contributed by atoms with Crippen LogP contribution in [-0.4, -0.2) is 74.7 Å². The summed E-state index contributed by atoms with van der Waals surface area (Å²) in [5.74, 6) is -1.39. The lowest BCUT2D eigenvalue weighted by atomic mass is 9.70. The zero-order chi connectivity index (χ0) is 27.8. The third-order valence-corrected chi connectivity index (χ3v) is 10.5. The van der Waals surface area contributed by atoms with E-state index in [0.29, 0.717) is 36.6 Å². The van der Waals surface area contributed by atoms with Gasteiger partial charge in [0.1, 0.15) is 18.2 Å². The SMILES string of the molecule is CSCC(CC(=O)C(O)Cc1ccc(O)c(O)c1)C(=O)N1CCCC1C(=O)OC1CC2CCC1(C)C2(C)C. The Balaban J connectivity index is 1.39. The second kappa shape index (κ2) is 11.1. The third kappa shape index (κ3) is 5.28. The zero-order valence-corrected chi connectivity index (χ0v) is 23.6. The van der Waals surface area contributed by atoms with E-state index < -0.39 is 23.8 Å². The molecule has 2 bridgehead atoms. The van der Waals surface area contributed by atoms with Crippen LogP contribution in [0.1, 0.15) is 64.9 Å². The number of thioether (sulfide) groups is 1. The molecule has 1 aliphatic heterocycles. The highest BCUT2D eigenvalue weighted by Crippen LogP contribution is 2.66. The summed E-state index contributed by atoms with van der Waals surface area (Å²) in [6.07, 6.45) is 4.52. The average molecular weight is 548 g/mol. The fourth-order valence-electron chi connectivity index (χ4n) is 6.87. The molecular weight excluding hydrogens is 506 g/mol. The molecule has 3 N–H and O–H groups in total. The molecule has 9 heteroatoms. The number of aliphatic hydroxyl groups is 1. The number of aliphatic hydroxyl groups excluding tert-OH is 1. The molecular formula is C29H41NO7S. The fraction of sp³-hybridized carbons (Fsp3) is 0.690. The number of aromatic hydroxyl groups is 2. The highest BCUT2D eigenvalue weighted by atomic mass is 32.2. The van der Waals surface area contributed by atoms with Gasteiger partial charge in [-0.1, -0.05) is 26.8 Å². The number of amides is 1. The molecule has 1 heterocycles. The van der Waals surface area contributed by atoms with Crippen LogP contribution in [0.25, 0.3) is 0 Å². The summed E-state index contributed by atoms with van der Waals surface area (Å²) in [7, 11) is 0. The van der Waals surface area contributed by atoms with Crippen molar-refractivity contribution in [1.29, 1.82) is 0 Å². The van der Waals surface area contributed by atoms with Crippen LogP contribution in [0.4, 0.5) is 0 Å². The van der Waals surface area contributed by atoms with Crippen molar-refractivity contribution in [3.8, 4) is 11.5 Å². The maximum absolute atomic E-state index is 13.6. The molecule has 38 heavy (non-hydrogen) atoms. The molecule has 3 aliphatic rings. The lowest BCUT2D eigenvalue weighted by Gasteiger charge is -2.39. The second-order valence-electron chi connectivity index (χ2n) is 12.1. The molecule has 4 rings (SSSR count). The minimum atomic E-state index is -1.35. The Morgan fingerprint density at radius 1 is 1.16 bits per heavy atom. The van der Waals surface area contributed by atoms with Crippen LogP contribution >= 0.6 is 11.8 Å². The molecule has 1 aromatic carbocycles. The van der Waals surface area contributed by atoms with E-state index in [-0.39, 0.29) is 53.2 Å². The molecule has 1 aromatic rings.